The van der Waals surface area contributed by atoms with Crippen molar-refractivity contribution < 1.29 is 14.5 Å². The van der Waals surface area contributed by atoms with Crippen LogP contribution in [0.2, 0.25) is 0 Å². The van der Waals surface area contributed by atoms with Crippen molar-refractivity contribution in [2.75, 3.05) is 7.11 Å². The average molecular weight is 250 g/mol. The lowest BCUT2D eigenvalue weighted by Gasteiger charge is -2.19. The zero-order chi connectivity index (χ0) is 13.9. The second-order valence-electron chi connectivity index (χ2n) is 4.76. The third-order valence-electron chi connectivity index (χ3n) is 2.48. The van der Waals surface area contributed by atoms with E-state index in [9.17, 15) is 14.9 Å². The molecule has 18 heavy (non-hydrogen) atoms. The molecule has 0 bridgehead atoms. The fourth-order valence-electron chi connectivity index (χ4n) is 1.51. The van der Waals surface area contributed by atoms with Crippen molar-refractivity contribution >= 4 is 17.5 Å². The molecule has 1 rings (SSSR count). The van der Waals surface area contributed by atoms with E-state index in [-0.39, 0.29) is 22.5 Å². The molecule has 96 valence electrons. The molecule has 1 aromatic carbocycles. The molecule has 0 spiro atoms. The summed E-state index contributed by atoms with van der Waals surface area (Å²) < 4.78 is 4.94. The second kappa shape index (κ2) is 4.98. The van der Waals surface area contributed by atoms with Crippen LogP contribution in [0.25, 0.3) is 0 Å². The van der Waals surface area contributed by atoms with Gasteiger partial charge in [0.15, 0.2) is 0 Å². The predicted octanol–water partition coefficient (Wildman–Crippen LogP) is 2.87. The van der Waals surface area contributed by atoms with Crippen LogP contribution < -0.4 is 4.74 Å². The van der Waals surface area contributed by atoms with Gasteiger partial charge in [-0.3, -0.25) is 10.1 Å². The maximum Gasteiger partial charge on any atom is 0.313 e. The Bertz CT molecular complexity index is 502. The summed E-state index contributed by atoms with van der Waals surface area (Å²) in [5.74, 6) is -0.0312. The zero-order valence-corrected chi connectivity index (χ0v) is 10.7. The summed E-state index contributed by atoms with van der Waals surface area (Å²) in [5.41, 5.74) is 0.305. The molecule has 0 aromatic heterocycles. The highest BCUT2D eigenvalue weighted by Crippen LogP contribution is 2.40. The first-order valence-corrected chi connectivity index (χ1v) is 5.26. The predicted molar refractivity (Wildman–Crippen MR) is 66.1 cm³/mol. The highest BCUT2D eigenvalue weighted by atomic mass is 16.6. The summed E-state index contributed by atoms with van der Waals surface area (Å²) in [7, 11) is 1.29. The Balaban J connectivity index is 3.64. The summed E-state index contributed by atoms with van der Waals surface area (Å²) >= 11 is 0. The number of rotatable bonds is 3. The summed E-state index contributed by atoms with van der Waals surface area (Å²) in [5, 5.41) is 11.0. The molecule has 0 saturated carbocycles. The quantitative estimate of drug-likeness (QED) is 0.357. The van der Waals surface area contributed by atoms with Gasteiger partial charge < -0.3 is 4.74 Å². The normalized spacial score (nSPS) is 10.7. The van der Waals surface area contributed by atoms with Gasteiger partial charge in [0.05, 0.1) is 12.0 Å². The highest BCUT2D eigenvalue weighted by Gasteiger charge is 2.25. The Morgan fingerprint density at radius 1 is 1.39 bits per heavy atom. The van der Waals surface area contributed by atoms with Crippen LogP contribution in [-0.4, -0.2) is 18.1 Å². The Kier molecular flexibility index (Phi) is 3.83. The first-order valence-electron chi connectivity index (χ1n) is 5.26. The summed E-state index contributed by atoms with van der Waals surface area (Å²) in [6, 6.07) is 3.03. The largest absolute Gasteiger partial charge is 0.489 e. The molecule has 0 N–H and O–H groups in total. The summed E-state index contributed by atoms with van der Waals surface area (Å²) in [6.45, 7) is 5.73. The number of nitro groups is 1. The Labute approximate surface area is 104 Å². The lowest BCUT2D eigenvalue weighted by atomic mass is 9.86. The van der Waals surface area contributed by atoms with E-state index in [0.717, 1.165) is 0 Å². The van der Waals surface area contributed by atoms with E-state index in [1.54, 1.807) is 6.07 Å². The van der Waals surface area contributed by atoms with Crippen molar-refractivity contribution in [3.05, 3.63) is 27.8 Å². The van der Waals surface area contributed by atoms with Crippen LogP contribution in [0.3, 0.4) is 0 Å². The zero-order valence-electron chi connectivity index (χ0n) is 10.7. The molecular weight excluding hydrogens is 236 g/mol. The van der Waals surface area contributed by atoms with E-state index in [1.165, 1.54) is 19.3 Å². The van der Waals surface area contributed by atoms with Crippen LogP contribution in [0.4, 0.5) is 11.4 Å². The van der Waals surface area contributed by atoms with Crippen LogP contribution in [0.5, 0.6) is 5.75 Å². The molecule has 0 fully saturated rings. The molecule has 0 saturated heterocycles. The van der Waals surface area contributed by atoms with Gasteiger partial charge in [0.25, 0.3) is 0 Å². The molecule has 0 aliphatic carbocycles. The van der Waals surface area contributed by atoms with Gasteiger partial charge in [0.2, 0.25) is 11.8 Å². The molecule has 0 atom stereocenters. The number of hydrogen-bond donors (Lipinski definition) is 0. The molecule has 0 unspecified atom stereocenters. The Morgan fingerprint density at radius 2 is 2.00 bits per heavy atom. The molecule has 0 aliphatic rings. The van der Waals surface area contributed by atoms with Crippen molar-refractivity contribution in [2.24, 2.45) is 4.99 Å². The van der Waals surface area contributed by atoms with Gasteiger partial charge in [-0.15, -0.1) is 0 Å². The second-order valence-corrected chi connectivity index (χ2v) is 4.76. The van der Waals surface area contributed by atoms with Crippen LogP contribution in [0.1, 0.15) is 26.3 Å². The number of carbonyl (C=O) groups excluding carboxylic acids is 1. The smallest absolute Gasteiger partial charge is 0.313 e. The SMILES string of the molecule is COc1c(N=C=O)cc(C(C)(C)C)cc1[N+](=O)[O-]. The van der Waals surface area contributed by atoms with Crippen LogP contribution in [0, 0.1) is 10.1 Å². The minimum absolute atomic E-state index is 0.0312. The van der Waals surface area contributed by atoms with E-state index in [0.29, 0.717) is 5.56 Å². The molecule has 0 heterocycles. The molecule has 6 heteroatoms. The van der Waals surface area contributed by atoms with Crippen LogP contribution >= 0.6 is 0 Å². The van der Waals surface area contributed by atoms with Gasteiger partial charge in [-0.1, -0.05) is 20.8 Å². The van der Waals surface area contributed by atoms with Crippen LogP contribution in [-0.2, 0) is 10.2 Å². The summed E-state index contributed by atoms with van der Waals surface area (Å²) in [4.78, 5) is 24.3. The maximum absolute atomic E-state index is 11.0. The number of ether oxygens (including phenoxy) is 1. The lowest BCUT2D eigenvalue weighted by Crippen LogP contribution is -2.11. The number of hydrogen-bond acceptors (Lipinski definition) is 5. The van der Waals surface area contributed by atoms with E-state index in [2.05, 4.69) is 4.99 Å². The first-order chi connectivity index (χ1) is 8.31. The van der Waals surface area contributed by atoms with Gasteiger partial charge in [-0.05, 0) is 17.0 Å². The molecule has 0 radical (unpaired) electrons. The lowest BCUT2D eigenvalue weighted by molar-refractivity contribution is -0.385. The fraction of sp³-hybridized carbons (Fsp3) is 0.417. The number of benzene rings is 1. The Morgan fingerprint density at radius 3 is 2.39 bits per heavy atom. The number of nitro benzene ring substituents is 1. The van der Waals surface area contributed by atoms with Crippen molar-refractivity contribution in [3.63, 3.8) is 0 Å². The number of nitrogens with zero attached hydrogens (tertiary/aromatic N) is 2. The van der Waals surface area contributed by atoms with Gasteiger partial charge in [-0.25, -0.2) is 4.79 Å². The molecule has 0 aliphatic heterocycles. The monoisotopic (exact) mass is 250 g/mol. The standard InChI is InChI=1S/C12H14N2O4/c1-12(2,3)8-5-9(13-7-15)11(18-4)10(6-8)14(16)17/h5-6H,1-4H3. The fourth-order valence-corrected chi connectivity index (χ4v) is 1.51. The van der Waals surface area contributed by atoms with Crippen molar-refractivity contribution in [1.82, 2.24) is 0 Å². The van der Waals surface area contributed by atoms with E-state index in [4.69, 9.17) is 4.74 Å². The van der Waals surface area contributed by atoms with E-state index in [1.807, 2.05) is 20.8 Å². The van der Waals surface area contributed by atoms with E-state index >= 15 is 0 Å². The van der Waals surface area contributed by atoms with Crippen LogP contribution in [0.15, 0.2) is 17.1 Å². The maximum atomic E-state index is 11.0. The van der Waals surface area contributed by atoms with E-state index < -0.39 is 4.92 Å². The summed E-state index contributed by atoms with van der Waals surface area (Å²) in [6.07, 6.45) is 1.38. The minimum Gasteiger partial charge on any atom is -0.489 e. The molecular formula is C12H14N2O4. The molecule has 6 nitrogen and oxygen atoms in total. The van der Waals surface area contributed by atoms with Gasteiger partial charge in [0, 0.05) is 6.07 Å². The molecule has 0 amide bonds. The topological polar surface area (TPSA) is 81.8 Å². The number of methoxy groups -OCH3 is 1. The third kappa shape index (κ3) is 2.73. The van der Waals surface area contributed by atoms with Gasteiger partial charge in [-0.2, -0.15) is 4.99 Å². The highest BCUT2D eigenvalue weighted by molar-refractivity contribution is 5.68. The van der Waals surface area contributed by atoms with Crippen molar-refractivity contribution in [1.29, 1.82) is 0 Å². The number of aliphatic imine (C=N–C) groups is 1. The van der Waals surface area contributed by atoms with Crippen molar-refractivity contribution in [2.45, 2.75) is 26.2 Å². The minimum atomic E-state index is -0.558. The number of isocyanates is 1. The van der Waals surface area contributed by atoms with Crippen molar-refractivity contribution in [3.8, 4) is 5.75 Å². The third-order valence-corrected chi connectivity index (χ3v) is 2.48. The van der Waals surface area contributed by atoms with Gasteiger partial charge in [0.1, 0.15) is 5.69 Å². The first kappa shape index (κ1) is 13.9. The van der Waals surface area contributed by atoms with Gasteiger partial charge >= 0.3 is 5.69 Å². The molecule has 1 aromatic rings. The average Bonchev–Trinajstić information content (AvgIpc) is 2.27. The Hall–Kier alpha value is -2.20.